The van der Waals surface area contributed by atoms with E-state index < -0.39 is 0 Å². The van der Waals surface area contributed by atoms with Crippen LogP contribution in [0.4, 0.5) is 0 Å². The first kappa shape index (κ1) is 22.7. The van der Waals surface area contributed by atoms with Crippen LogP contribution in [0.2, 0.25) is 0 Å². The summed E-state index contributed by atoms with van der Waals surface area (Å²) in [5.41, 5.74) is 1.10. The number of methoxy groups -OCH3 is 1. The maximum atomic E-state index is 8.62. The fourth-order valence-corrected chi connectivity index (χ4v) is 3.05. The Morgan fingerprint density at radius 1 is 1.10 bits per heavy atom. The molecule has 1 aromatic carbocycles. The quantitative estimate of drug-likeness (QED) is 0.529. The Morgan fingerprint density at radius 2 is 1.75 bits per heavy atom. The van der Waals surface area contributed by atoms with Gasteiger partial charge in [-0.2, -0.15) is 0 Å². The molecule has 0 radical (unpaired) electrons. The van der Waals surface area contributed by atoms with Crippen LogP contribution in [0.3, 0.4) is 0 Å². The summed E-state index contributed by atoms with van der Waals surface area (Å²) in [7, 11) is 1.67. The Kier molecular flexibility index (Phi) is 14.9. The molecular weight excluding hydrogens is 435 g/mol. The van der Waals surface area contributed by atoms with Gasteiger partial charge in [-0.1, -0.05) is 15.9 Å². The highest BCUT2D eigenvalue weighted by molar-refractivity contribution is 9.11. The van der Waals surface area contributed by atoms with E-state index in [4.69, 9.17) is 9.84 Å². The van der Waals surface area contributed by atoms with Gasteiger partial charge in [0, 0.05) is 36.2 Å². The highest BCUT2D eigenvalue weighted by Gasteiger charge is 2.08. The van der Waals surface area contributed by atoms with Gasteiger partial charge >= 0.3 is 0 Å². The molecule has 0 heterocycles. The maximum absolute atomic E-state index is 8.62. The molecule has 0 aliphatic heterocycles. The lowest BCUT2D eigenvalue weighted by molar-refractivity contribution is 0.292. The van der Waals surface area contributed by atoms with Gasteiger partial charge in [0.2, 0.25) is 0 Å². The third-order valence-electron chi connectivity index (χ3n) is 2.37. The van der Waals surface area contributed by atoms with Crippen molar-refractivity contribution in [2.75, 3.05) is 33.4 Å². The zero-order valence-electron chi connectivity index (χ0n) is 11.1. The van der Waals surface area contributed by atoms with Crippen molar-refractivity contribution in [1.82, 2.24) is 10.6 Å². The molecule has 0 aliphatic rings. The molecule has 0 bridgehead atoms. The van der Waals surface area contributed by atoms with Crippen molar-refractivity contribution in [3.8, 4) is 5.75 Å². The van der Waals surface area contributed by atoms with Crippen LogP contribution in [0.5, 0.6) is 5.75 Å². The molecule has 4 nitrogen and oxygen atoms in total. The maximum Gasteiger partial charge on any atom is 0.137 e. The average Bonchev–Trinajstić information content (AvgIpc) is 2.33. The summed E-state index contributed by atoms with van der Waals surface area (Å²) in [4.78, 5) is 0. The number of nitrogens with one attached hydrogen (secondary N) is 2. The summed E-state index contributed by atoms with van der Waals surface area (Å²) >= 11 is 6.94. The van der Waals surface area contributed by atoms with Gasteiger partial charge in [-0.3, -0.25) is 0 Å². The molecule has 3 N–H and O–H groups in total. The van der Waals surface area contributed by atoms with E-state index in [-0.39, 0.29) is 31.4 Å². The highest BCUT2D eigenvalue weighted by atomic mass is 79.9. The first-order chi connectivity index (χ1) is 8.69. The molecule has 1 aromatic rings. The Labute approximate surface area is 149 Å². The Bertz CT molecular complexity index is 385. The molecule has 0 fully saturated rings. The second-order valence-electron chi connectivity index (χ2n) is 3.73. The fourth-order valence-electron chi connectivity index (χ4n) is 1.58. The normalized spacial score (nSPS) is 9.60. The molecule has 1 rings (SSSR count). The molecule has 0 unspecified atom stereocenters. The van der Waals surface area contributed by atoms with E-state index in [2.05, 4.69) is 42.5 Å². The van der Waals surface area contributed by atoms with Crippen LogP contribution < -0.4 is 15.4 Å². The van der Waals surface area contributed by atoms with E-state index in [9.17, 15) is 0 Å². The van der Waals surface area contributed by atoms with Gasteiger partial charge in [0.1, 0.15) is 5.75 Å². The van der Waals surface area contributed by atoms with Gasteiger partial charge in [0.15, 0.2) is 0 Å². The summed E-state index contributed by atoms with van der Waals surface area (Å²) in [5.74, 6) is 0.856. The van der Waals surface area contributed by atoms with E-state index >= 15 is 0 Å². The molecule has 0 atom stereocenters. The van der Waals surface area contributed by atoms with Gasteiger partial charge in [-0.05, 0) is 28.1 Å². The van der Waals surface area contributed by atoms with Gasteiger partial charge in [0.25, 0.3) is 0 Å². The Hall–Kier alpha value is 0.440. The van der Waals surface area contributed by atoms with Gasteiger partial charge < -0.3 is 20.5 Å². The number of benzene rings is 1. The first-order valence-electron chi connectivity index (χ1n) is 5.73. The fraction of sp³-hybridized carbons (Fsp3) is 0.500. The summed E-state index contributed by atoms with van der Waals surface area (Å²) in [6, 6.07) is 4.00. The molecule has 0 spiro atoms. The predicted octanol–water partition coefficient (Wildman–Crippen LogP) is 2.74. The van der Waals surface area contributed by atoms with Crippen LogP contribution in [0.25, 0.3) is 0 Å². The molecule has 20 heavy (non-hydrogen) atoms. The highest BCUT2D eigenvalue weighted by Crippen LogP contribution is 2.32. The van der Waals surface area contributed by atoms with E-state index in [1.807, 2.05) is 12.1 Å². The minimum atomic E-state index is 0. The van der Waals surface area contributed by atoms with Crippen molar-refractivity contribution < 1.29 is 9.84 Å². The summed E-state index contributed by atoms with van der Waals surface area (Å²) in [5, 5.41) is 15.1. The number of aliphatic hydroxyl groups is 1. The molecular formula is C12H20Br2Cl2N2O2. The standard InChI is InChI=1S/C12H18Br2N2O2.2ClH/c1-18-12-9(6-10(13)7-11(12)14)8-16-3-2-15-4-5-17;;/h6-7,15-17H,2-5,8H2,1H3;2*1H. The second-order valence-corrected chi connectivity index (χ2v) is 5.50. The molecule has 8 heteroatoms. The smallest absolute Gasteiger partial charge is 0.137 e. The summed E-state index contributed by atoms with van der Waals surface area (Å²) < 4.78 is 7.33. The minimum Gasteiger partial charge on any atom is -0.495 e. The second kappa shape index (κ2) is 13.1. The monoisotopic (exact) mass is 452 g/mol. The minimum absolute atomic E-state index is 0. The van der Waals surface area contributed by atoms with Gasteiger partial charge in [0.05, 0.1) is 18.2 Å². The molecule has 0 aliphatic carbocycles. The van der Waals surface area contributed by atoms with Crippen LogP contribution >= 0.6 is 56.7 Å². The van der Waals surface area contributed by atoms with E-state index in [1.165, 1.54) is 0 Å². The lowest BCUT2D eigenvalue weighted by Gasteiger charge is -2.12. The molecule has 0 aromatic heterocycles. The van der Waals surface area contributed by atoms with E-state index in [1.54, 1.807) is 7.11 Å². The van der Waals surface area contributed by atoms with Crippen molar-refractivity contribution in [3.63, 3.8) is 0 Å². The third kappa shape index (κ3) is 8.02. The number of rotatable bonds is 8. The van der Waals surface area contributed by atoms with Crippen LogP contribution in [0.1, 0.15) is 5.56 Å². The average molecular weight is 455 g/mol. The number of ether oxygens (including phenoxy) is 1. The van der Waals surface area contributed by atoms with E-state index in [0.717, 1.165) is 39.9 Å². The zero-order chi connectivity index (χ0) is 13.4. The van der Waals surface area contributed by atoms with Crippen LogP contribution in [-0.2, 0) is 6.54 Å². The zero-order valence-corrected chi connectivity index (χ0v) is 15.9. The number of aliphatic hydroxyl groups excluding tert-OH is 1. The number of hydrogen-bond donors (Lipinski definition) is 3. The topological polar surface area (TPSA) is 53.5 Å². The summed E-state index contributed by atoms with van der Waals surface area (Å²) in [6.45, 7) is 3.22. The van der Waals surface area contributed by atoms with Crippen LogP contribution in [-0.4, -0.2) is 38.5 Å². The van der Waals surface area contributed by atoms with Gasteiger partial charge in [-0.15, -0.1) is 24.8 Å². The SMILES string of the molecule is COc1c(Br)cc(Br)cc1CNCCNCCO.Cl.Cl. The van der Waals surface area contributed by atoms with Crippen molar-refractivity contribution in [2.45, 2.75) is 6.54 Å². The van der Waals surface area contributed by atoms with E-state index in [0.29, 0.717) is 6.54 Å². The lowest BCUT2D eigenvalue weighted by atomic mass is 10.2. The van der Waals surface area contributed by atoms with Crippen molar-refractivity contribution >= 4 is 56.7 Å². The predicted molar refractivity (Wildman–Crippen MR) is 94.6 cm³/mol. The molecule has 0 saturated carbocycles. The Balaban J connectivity index is 0. The number of hydrogen-bond acceptors (Lipinski definition) is 4. The molecule has 0 saturated heterocycles. The molecule has 118 valence electrons. The van der Waals surface area contributed by atoms with Crippen molar-refractivity contribution in [3.05, 3.63) is 26.6 Å². The first-order valence-corrected chi connectivity index (χ1v) is 7.32. The van der Waals surface area contributed by atoms with Crippen LogP contribution in [0, 0.1) is 0 Å². The summed E-state index contributed by atoms with van der Waals surface area (Å²) in [6.07, 6.45) is 0. The Morgan fingerprint density at radius 3 is 2.35 bits per heavy atom. The van der Waals surface area contributed by atoms with Crippen molar-refractivity contribution in [2.24, 2.45) is 0 Å². The van der Waals surface area contributed by atoms with Crippen molar-refractivity contribution in [1.29, 1.82) is 0 Å². The van der Waals surface area contributed by atoms with Gasteiger partial charge in [-0.25, -0.2) is 0 Å². The third-order valence-corrected chi connectivity index (χ3v) is 3.42. The number of halogens is 4. The molecule has 0 amide bonds. The lowest BCUT2D eigenvalue weighted by Crippen LogP contribution is -2.28. The largest absolute Gasteiger partial charge is 0.495 e. The van der Waals surface area contributed by atoms with Crippen LogP contribution in [0.15, 0.2) is 21.1 Å².